The zero-order valence-corrected chi connectivity index (χ0v) is 10.5. The maximum Gasteiger partial charge on any atom is 0.251 e. The summed E-state index contributed by atoms with van der Waals surface area (Å²) in [5.41, 5.74) is 1.17. The van der Waals surface area contributed by atoms with Gasteiger partial charge in [-0.1, -0.05) is 23.5 Å². The number of aromatic nitrogens is 1. The lowest BCUT2D eigenvalue weighted by atomic mass is 10.3. The molecule has 3 nitrogen and oxygen atoms in total. The van der Waals surface area contributed by atoms with Crippen LogP contribution in [0.1, 0.15) is 19.8 Å². The lowest BCUT2D eigenvalue weighted by Crippen LogP contribution is -2.16. The minimum absolute atomic E-state index is 0.0544. The average molecular weight is 246 g/mol. The van der Waals surface area contributed by atoms with Crippen LogP contribution in [-0.4, -0.2) is 10.5 Å². The molecule has 3 rings (SSSR count). The Bertz CT molecular complexity index is 634. The van der Waals surface area contributed by atoms with Gasteiger partial charge in [0.2, 0.25) is 0 Å². The SMILES string of the molecule is CCn1c(=NC(=O)C2CC2)sc2ccccc21. The van der Waals surface area contributed by atoms with Gasteiger partial charge in [-0.3, -0.25) is 4.79 Å². The molecule has 0 bridgehead atoms. The van der Waals surface area contributed by atoms with Gasteiger partial charge in [-0.25, -0.2) is 0 Å². The summed E-state index contributed by atoms with van der Waals surface area (Å²) in [6.07, 6.45) is 2.03. The highest BCUT2D eigenvalue weighted by molar-refractivity contribution is 7.16. The van der Waals surface area contributed by atoms with Crippen molar-refractivity contribution in [2.24, 2.45) is 10.9 Å². The number of aryl methyl sites for hydroxylation is 1. The average Bonchev–Trinajstić information content (AvgIpc) is 3.11. The van der Waals surface area contributed by atoms with Crippen LogP contribution < -0.4 is 4.80 Å². The van der Waals surface area contributed by atoms with Gasteiger partial charge in [-0.15, -0.1) is 0 Å². The molecular formula is C13H14N2OS. The minimum Gasteiger partial charge on any atom is -0.317 e. The van der Waals surface area contributed by atoms with E-state index in [2.05, 4.69) is 28.6 Å². The second kappa shape index (κ2) is 4.11. The van der Waals surface area contributed by atoms with Crippen molar-refractivity contribution >= 4 is 27.5 Å². The highest BCUT2D eigenvalue weighted by atomic mass is 32.1. The maximum absolute atomic E-state index is 11.7. The van der Waals surface area contributed by atoms with E-state index in [1.807, 2.05) is 12.1 Å². The van der Waals surface area contributed by atoms with E-state index in [-0.39, 0.29) is 11.8 Å². The summed E-state index contributed by atoms with van der Waals surface area (Å²) in [6.45, 7) is 2.93. The molecule has 1 aliphatic rings. The Morgan fingerprint density at radius 3 is 2.94 bits per heavy atom. The molecule has 1 saturated carbocycles. The second-order valence-corrected chi connectivity index (χ2v) is 5.33. The molecule has 1 aromatic carbocycles. The Labute approximate surface area is 103 Å². The first-order valence-electron chi connectivity index (χ1n) is 5.96. The Balaban J connectivity index is 2.17. The van der Waals surface area contributed by atoms with Gasteiger partial charge in [-0.2, -0.15) is 4.99 Å². The normalized spacial score (nSPS) is 16.6. The lowest BCUT2D eigenvalue weighted by Gasteiger charge is -1.98. The number of benzene rings is 1. The van der Waals surface area contributed by atoms with Crippen molar-refractivity contribution in [1.29, 1.82) is 0 Å². The van der Waals surface area contributed by atoms with E-state index < -0.39 is 0 Å². The molecule has 2 aromatic rings. The third kappa shape index (κ3) is 1.93. The Morgan fingerprint density at radius 2 is 2.24 bits per heavy atom. The number of hydrogen-bond acceptors (Lipinski definition) is 2. The van der Waals surface area contributed by atoms with Gasteiger partial charge < -0.3 is 4.57 Å². The molecular weight excluding hydrogens is 232 g/mol. The number of hydrogen-bond donors (Lipinski definition) is 0. The van der Waals surface area contributed by atoms with Crippen LogP contribution in [0.5, 0.6) is 0 Å². The first-order chi connectivity index (χ1) is 8.29. The van der Waals surface area contributed by atoms with Crippen molar-refractivity contribution in [1.82, 2.24) is 4.57 Å². The largest absolute Gasteiger partial charge is 0.317 e. The molecule has 1 amide bonds. The summed E-state index contributed by atoms with van der Waals surface area (Å²) in [5.74, 6) is 0.254. The molecule has 0 spiro atoms. The molecule has 1 fully saturated rings. The molecule has 88 valence electrons. The molecule has 0 N–H and O–H groups in total. The smallest absolute Gasteiger partial charge is 0.251 e. The van der Waals surface area contributed by atoms with Crippen molar-refractivity contribution in [3.8, 4) is 0 Å². The van der Waals surface area contributed by atoms with Crippen molar-refractivity contribution in [3.63, 3.8) is 0 Å². The maximum atomic E-state index is 11.7. The summed E-state index contributed by atoms with van der Waals surface area (Å²) < 4.78 is 3.30. The highest BCUT2D eigenvalue weighted by Crippen LogP contribution is 2.30. The van der Waals surface area contributed by atoms with Gasteiger partial charge in [-0.05, 0) is 31.9 Å². The molecule has 0 unspecified atom stereocenters. The van der Waals surface area contributed by atoms with E-state index in [1.165, 1.54) is 10.2 Å². The van der Waals surface area contributed by atoms with E-state index >= 15 is 0 Å². The van der Waals surface area contributed by atoms with E-state index in [4.69, 9.17) is 0 Å². The van der Waals surface area contributed by atoms with E-state index in [9.17, 15) is 4.79 Å². The number of para-hydroxylation sites is 1. The molecule has 1 aromatic heterocycles. The zero-order valence-electron chi connectivity index (χ0n) is 9.72. The van der Waals surface area contributed by atoms with Crippen LogP contribution in [0.2, 0.25) is 0 Å². The summed E-state index contributed by atoms with van der Waals surface area (Å²) in [5, 5.41) is 0. The number of fused-ring (bicyclic) bond motifs is 1. The van der Waals surface area contributed by atoms with E-state index in [0.717, 1.165) is 24.2 Å². The van der Waals surface area contributed by atoms with Gasteiger partial charge in [0.15, 0.2) is 4.80 Å². The van der Waals surface area contributed by atoms with Crippen LogP contribution >= 0.6 is 11.3 Å². The number of rotatable bonds is 2. The Hall–Kier alpha value is -1.42. The monoisotopic (exact) mass is 246 g/mol. The molecule has 1 heterocycles. The summed E-state index contributed by atoms with van der Waals surface area (Å²) in [6, 6.07) is 8.20. The van der Waals surface area contributed by atoms with Gasteiger partial charge in [0.25, 0.3) is 5.91 Å². The topological polar surface area (TPSA) is 34.4 Å². The summed E-state index contributed by atoms with van der Waals surface area (Å²) >= 11 is 1.60. The van der Waals surface area contributed by atoms with E-state index in [0.29, 0.717) is 0 Å². The van der Waals surface area contributed by atoms with Crippen LogP contribution in [0, 0.1) is 5.92 Å². The van der Waals surface area contributed by atoms with Gasteiger partial charge in [0, 0.05) is 12.5 Å². The predicted molar refractivity (Wildman–Crippen MR) is 68.8 cm³/mol. The predicted octanol–water partition coefficient (Wildman–Crippen LogP) is 2.56. The summed E-state index contributed by atoms with van der Waals surface area (Å²) in [7, 11) is 0. The number of nitrogens with zero attached hydrogens (tertiary/aromatic N) is 2. The molecule has 4 heteroatoms. The van der Waals surface area contributed by atoms with Gasteiger partial charge >= 0.3 is 0 Å². The van der Waals surface area contributed by atoms with E-state index in [1.54, 1.807) is 11.3 Å². The third-order valence-electron chi connectivity index (χ3n) is 3.04. The number of carbonyl (C=O) groups excluding carboxylic acids is 1. The molecule has 0 aliphatic heterocycles. The first kappa shape index (κ1) is 10.7. The van der Waals surface area contributed by atoms with Crippen LogP contribution in [0.3, 0.4) is 0 Å². The Kier molecular flexibility index (Phi) is 2.59. The summed E-state index contributed by atoms with van der Waals surface area (Å²) in [4.78, 5) is 16.9. The zero-order chi connectivity index (χ0) is 11.8. The number of amides is 1. The van der Waals surface area contributed by atoms with Crippen LogP contribution in [0.15, 0.2) is 29.3 Å². The standard InChI is InChI=1S/C13H14N2OS/c1-2-15-10-5-3-4-6-11(10)17-13(15)14-12(16)9-7-8-9/h3-6,9H,2,7-8H2,1H3. The van der Waals surface area contributed by atoms with Crippen molar-refractivity contribution < 1.29 is 4.79 Å². The molecule has 0 saturated heterocycles. The molecule has 0 atom stereocenters. The minimum atomic E-state index is 0.0544. The van der Waals surface area contributed by atoms with Crippen molar-refractivity contribution in [3.05, 3.63) is 29.1 Å². The van der Waals surface area contributed by atoms with Crippen LogP contribution in [0.4, 0.5) is 0 Å². The molecule has 0 radical (unpaired) electrons. The lowest BCUT2D eigenvalue weighted by molar-refractivity contribution is -0.119. The first-order valence-corrected chi connectivity index (χ1v) is 6.78. The van der Waals surface area contributed by atoms with Crippen LogP contribution in [0.25, 0.3) is 10.2 Å². The molecule has 1 aliphatic carbocycles. The third-order valence-corrected chi connectivity index (χ3v) is 4.10. The number of carbonyl (C=O) groups is 1. The molecule has 17 heavy (non-hydrogen) atoms. The Morgan fingerprint density at radius 1 is 1.47 bits per heavy atom. The second-order valence-electron chi connectivity index (χ2n) is 4.32. The van der Waals surface area contributed by atoms with Gasteiger partial charge in [0.1, 0.15) is 0 Å². The fourth-order valence-electron chi connectivity index (χ4n) is 1.93. The number of thiazole rings is 1. The fourth-order valence-corrected chi connectivity index (χ4v) is 3.03. The quantitative estimate of drug-likeness (QED) is 0.802. The van der Waals surface area contributed by atoms with Crippen molar-refractivity contribution in [2.75, 3.05) is 0 Å². The van der Waals surface area contributed by atoms with Gasteiger partial charge in [0.05, 0.1) is 10.2 Å². The fraction of sp³-hybridized carbons (Fsp3) is 0.385. The van der Waals surface area contributed by atoms with Crippen LogP contribution in [-0.2, 0) is 11.3 Å². The highest BCUT2D eigenvalue weighted by Gasteiger charge is 2.29. The van der Waals surface area contributed by atoms with Crippen molar-refractivity contribution in [2.45, 2.75) is 26.3 Å².